The maximum absolute atomic E-state index is 11.6. The summed E-state index contributed by atoms with van der Waals surface area (Å²) < 4.78 is 23.1. The average Bonchev–Trinajstić information content (AvgIpc) is 2.38. The van der Waals surface area contributed by atoms with Gasteiger partial charge in [-0.3, -0.25) is 0 Å². The van der Waals surface area contributed by atoms with Crippen LogP contribution >= 0.6 is 0 Å². The molecule has 0 bridgehead atoms. The largest absolute Gasteiger partial charge is 0.238 e. The molecule has 1 atom stereocenters. The van der Waals surface area contributed by atoms with Crippen molar-refractivity contribution >= 4 is 10.0 Å². The van der Waals surface area contributed by atoms with Gasteiger partial charge in [0.15, 0.2) is 0 Å². The monoisotopic (exact) mass is 261 g/mol. The lowest BCUT2D eigenvalue weighted by molar-refractivity contribution is 0.596. The summed E-state index contributed by atoms with van der Waals surface area (Å²) in [5.41, 5.74) is 1.79. The van der Waals surface area contributed by atoms with E-state index in [1.165, 1.54) is 0 Å². The maximum atomic E-state index is 11.6. The number of rotatable bonds is 3. The summed E-state index contributed by atoms with van der Waals surface area (Å²) in [7, 11) is -3.69. The molecule has 2 N–H and O–H groups in total. The van der Waals surface area contributed by atoms with Crippen molar-refractivity contribution in [2.75, 3.05) is 0 Å². The first-order chi connectivity index (χ1) is 8.50. The van der Waals surface area contributed by atoms with Crippen LogP contribution in [0.25, 0.3) is 0 Å². The van der Waals surface area contributed by atoms with Gasteiger partial charge in [0.05, 0.1) is 4.90 Å². The van der Waals surface area contributed by atoms with E-state index in [2.05, 4.69) is 0 Å². The molecule has 0 amide bonds. The first-order valence-corrected chi connectivity index (χ1v) is 7.21. The lowest BCUT2D eigenvalue weighted by atomic mass is 9.93. The van der Waals surface area contributed by atoms with Crippen LogP contribution in [0.4, 0.5) is 0 Å². The zero-order valence-corrected chi connectivity index (χ0v) is 10.9. The summed E-state index contributed by atoms with van der Waals surface area (Å²) in [4.78, 5) is 0.196. The van der Waals surface area contributed by atoms with Gasteiger partial charge >= 0.3 is 0 Å². The van der Waals surface area contributed by atoms with Crippen LogP contribution in [0, 0.1) is 0 Å². The van der Waals surface area contributed by atoms with Crippen LogP contribution in [0.2, 0.25) is 0 Å². The van der Waals surface area contributed by atoms with Gasteiger partial charge in [0.25, 0.3) is 0 Å². The molecule has 2 aromatic rings. The second-order valence-electron chi connectivity index (χ2n) is 4.22. The van der Waals surface area contributed by atoms with Gasteiger partial charge in [0, 0.05) is 5.92 Å². The Morgan fingerprint density at radius 1 is 0.944 bits per heavy atom. The highest BCUT2D eigenvalue weighted by atomic mass is 32.2. The minimum Gasteiger partial charge on any atom is -0.225 e. The van der Waals surface area contributed by atoms with Gasteiger partial charge in [0.1, 0.15) is 0 Å². The second kappa shape index (κ2) is 4.92. The topological polar surface area (TPSA) is 60.2 Å². The number of primary sulfonamides is 1. The molecule has 0 saturated heterocycles. The molecule has 18 heavy (non-hydrogen) atoms. The zero-order valence-electron chi connectivity index (χ0n) is 10.1. The van der Waals surface area contributed by atoms with E-state index in [-0.39, 0.29) is 10.8 Å². The molecule has 0 heterocycles. The highest BCUT2D eigenvalue weighted by Gasteiger charge is 2.18. The van der Waals surface area contributed by atoms with E-state index >= 15 is 0 Å². The number of nitrogens with two attached hydrogens (primary N) is 1. The van der Waals surface area contributed by atoms with E-state index in [9.17, 15) is 8.42 Å². The third-order valence-corrected chi connectivity index (χ3v) is 3.98. The standard InChI is InChI=1S/C14H15NO2S/c1-11(12-7-3-2-4-8-12)13-9-5-6-10-14(13)18(15,16)17/h2-11H,1H3,(H2,15,16,17)/t11-/m1/s1. The van der Waals surface area contributed by atoms with Crippen molar-refractivity contribution in [2.45, 2.75) is 17.7 Å². The van der Waals surface area contributed by atoms with Gasteiger partial charge in [0.2, 0.25) is 10.0 Å². The van der Waals surface area contributed by atoms with Gasteiger partial charge in [-0.25, -0.2) is 13.6 Å². The number of hydrogen-bond acceptors (Lipinski definition) is 2. The predicted molar refractivity (Wildman–Crippen MR) is 71.8 cm³/mol. The maximum Gasteiger partial charge on any atom is 0.238 e. The quantitative estimate of drug-likeness (QED) is 0.922. The first-order valence-electron chi connectivity index (χ1n) is 5.67. The molecule has 4 heteroatoms. The van der Waals surface area contributed by atoms with E-state index < -0.39 is 10.0 Å². The highest BCUT2D eigenvalue weighted by Crippen LogP contribution is 2.28. The Kier molecular flexibility index (Phi) is 3.50. The van der Waals surface area contributed by atoms with Gasteiger partial charge in [-0.2, -0.15) is 0 Å². The minimum atomic E-state index is -3.69. The fourth-order valence-electron chi connectivity index (χ4n) is 2.02. The van der Waals surface area contributed by atoms with Crippen LogP contribution in [0.5, 0.6) is 0 Å². The van der Waals surface area contributed by atoms with Gasteiger partial charge in [-0.05, 0) is 17.2 Å². The van der Waals surface area contributed by atoms with Crippen molar-refractivity contribution in [3.05, 3.63) is 65.7 Å². The average molecular weight is 261 g/mol. The third kappa shape index (κ3) is 2.60. The summed E-state index contributed by atoms with van der Waals surface area (Å²) in [6.07, 6.45) is 0. The van der Waals surface area contributed by atoms with Crippen LogP contribution in [0.15, 0.2) is 59.5 Å². The molecule has 2 aromatic carbocycles. The number of sulfonamides is 1. The van der Waals surface area contributed by atoms with Crippen molar-refractivity contribution in [1.82, 2.24) is 0 Å². The zero-order chi connectivity index (χ0) is 13.2. The molecule has 0 aliphatic rings. The summed E-state index contributed by atoms with van der Waals surface area (Å²) in [5, 5.41) is 5.25. The fourth-order valence-corrected chi connectivity index (χ4v) is 2.86. The third-order valence-electron chi connectivity index (χ3n) is 2.99. The Morgan fingerprint density at radius 3 is 2.11 bits per heavy atom. The van der Waals surface area contributed by atoms with Gasteiger partial charge < -0.3 is 0 Å². The van der Waals surface area contributed by atoms with E-state index in [1.54, 1.807) is 18.2 Å². The number of hydrogen-bond donors (Lipinski definition) is 1. The van der Waals surface area contributed by atoms with E-state index in [0.29, 0.717) is 0 Å². The first kappa shape index (κ1) is 12.8. The Bertz CT molecular complexity index is 636. The molecule has 2 rings (SSSR count). The SMILES string of the molecule is C[C@H](c1ccccc1)c1ccccc1S(N)(=O)=O. The van der Waals surface area contributed by atoms with Crippen molar-refractivity contribution in [2.24, 2.45) is 5.14 Å². The van der Waals surface area contributed by atoms with Gasteiger partial charge in [-0.1, -0.05) is 55.5 Å². The van der Waals surface area contributed by atoms with Crippen molar-refractivity contribution < 1.29 is 8.42 Å². The Hall–Kier alpha value is -1.65. The molecule has 0 aliphatic carbocycles. The molecule has 0 saturated carbocycles. The number of benzene rings is 2. The van der Waals surface area contributed by atoms with Crippen LogP contribution < -0.4 is 5.14 Å². The predicted octanol–water partition coefficient (Wildman–Crippen LogP) is 2.49. The van der Waals surface area contributed by atoms with Crippen molar-refractivity contribution in [3.63, 3.8) is 0 Å². The van der Waals surface area contributed by atoms with Crippen LogP contribution in [0.1, 0.15) is 24.0 Å². The molecule has 0 aliphatic heterocycles. The summed E-state index contributed by atoms with van der Waals surface area (Å²) in [5.74, 6) is -0.0132. The molecule has 0 fully saturated rings. The fraction of sp³-hybridized carbons (Fsp3) is 0.143. The summed E-state index contributed by atoms with van der Waals surface area (Å²) in [6, 6.07) is 16.6. The molecule has 94 valence electrons. The lowest BCUT2D eigenvalue weighted by Crippen LogP contribution is -2.15. The van der Waals surface area contributed by atoms with Crippen LogP contribution in [-0.4, -0.2) is 8.42 Å². The Morgan fingerprint density at radius 2 is 1.50 bits per heavy atom. The van der Waals surface area contributed by atoms with Crippen LogP contribution in [-0.2, 0) is 10.0 Å². The Balaban J connectivity index is 2.53. The summed E-state index contributed by atoms with van der Waals surface area (Å²) in [6.45, 7) is 1.97. The Labute approximate surface area is 107 Å². The highest BCUT2D eigenvalue weighted by molar-refractivity contribution is 7.89. The van der Waals surface area contributed by atoms with Gasteiger partial charge in [-0.15, -0.1) is 0 Å². The van der Waals surface area contributed by atoms with E-state index in [4.69, 9.17) is 5.14 Å². The normalized spacial score (nSPS) is 13.2. The molecule has 0 radical (unpaired) electrons. The smallest absolute Gasteiger partial charge is 0.225 e. The molecule has 0 aromatic heterocycles. The second-order valence-corrected chi connectivity index (χ2v) is 5.75. The molecule has 0 spiro atoms. The van der Waals surface area contributed by atoms with E-state index in [0.717, 1.165) is 11.1 Å². The minimum absolute atomic E-state index is 0.0132. The molecular formula is C14H15NO2S. The summed E-state index contributed by atoms with van der Waals surface area (Å²) >= 11 is 0. The van der Waals surface area contributed by atoms with Crippen LogP contribution in [0.3, 0.4) is 0 Å². The molecule has 0 unspecified atom stereocenters. The molecule has 3 nitrogen and oxygen atoms in total. The van der Waals surface area contributed by atoms with E-state index in [1.807, 2.05) is 43.3 Å². The van der Waals surface area contributed by atoms with Crippen molar-refractivity contribution in [3.8, 4) is 0 Å². The molecular weight excluding hydrogens is 246 g/mol. The lowest BCUT2D eigenvalue weighted by Gasteiger charge is -2.15. The van der Waals surface area contributed by atoms with Crippen molar-refractivity contribution in [1.29, 1.82) is 0 Å².